The van der Waals surface area contributed by atoms with E-state index in [0.29, 0.717) is 12.4 Å². The van der Waals surface area contributed by atoms with Gasteiger partial charge in [-0.1, -0.05) is 26.8 Å². The van der Waals surface area contributed by atoms with Crippen LogP contribution in [0.3, 0.4) is 0 Å². The van der Waals surface area contributed by atoms with E-state index in [1.807, 2.05) is 19.9 Å². The molecule has 130 valence electrons. The van der Waals surface area contributed by atoms with E-state index >= 15 is 0 Å². The molecule has 0 aliphatic heterocycles. The fourth-order valence-corrected chi connectivity index (χ4v) is 2.91. The summed E-state index contributed by atoms with van der Waals surface area (Å²) in [5.41, 5.74) is 1.05. The second-order valence-electron chi connectivity index (χ2n) is 7.24. The summed E-state index contributed by atoms with van der Waals surface area (Å²) in [7, 11) is -2.07. The molecule has 5 nitrogen and oxygen atoms in total. The quantitative estimate of drug-likeness (QED) is 0.769. The number of hydrogen-bond acceptors (Lipinski definition) is 4. The number of anilines is 1. The van der Waals surface area contributed by atoms with Crippen LogP contribution in [0, 0.1) is 6.92 Å². The lowest BCUT2D eigenvalue weighted by Gasteiger charge is -2.38. The number of carbonyl (C=O) groups excluding carboxylic acids is 1. The third-order valence-electron chi connectivity index (χ3n) is 4.17. The monoisotopic (exact) mass is 338 g/mol. The summed E-state index contributed by atoms with van der Waals surface area (Å²) in [6, 6.07) is 3.70. The molecule has 23 heavy (non-hydrogen) atoms. The Morgan fingerprint density at radius 2 is 2.00 bits per heavy atom. The van der Waals surface area contributed by atoms with E-state index in [-0.39, 0.29) is 17.6 Å². The summed E-state index contributed by atoms with van der Waals surface area (Å²) in [5, 5.41) is 2.85. The van der Waals surface area contributed by atoms with Crippen LogP contribution in [0.5, 0.6) is 0 Å². The van der Waals surface area contributed by atoms with Crippen LogP contribution in [0.1, 0.15) is 33.3 Å². The third-order valence-corrected chi connectivity index (χ3v) is 8.66. The average Bonchev–Trinajstić information content (AvgIpc) is 2.44. The SMILES string of the molecule is CCOC[C@H](O[Si](C)(C)C(C)(C)C)C(=O)Nc1ccc(C)cn1. The number of rotatable bonds is 7. The Bertz CT molecular complexity index is 510. The molecule has 0 aliphatic rings. The summed E-state index contributed by atoms with van der Waals surface area (Å²) in [6.07, 6.45) is 1.10. The number of nitrogens with zero attached hydrogens (tertiary/aromatic N) is 1. The fraction of sp³-hybridized carbons (Fsp3) is 0.647. The Morgan fingerprint density at radius 3 is 2.48 bits per heavy atom. The maximum Gasteiger partial charge on any atom is 0.255 e. The molecule has 0 fully saturated rings. The highest BCUT2D eigenvalue weighted by molar-refractivity contribution is 6.74. The smallest absolute Gasteiger partial charge is 0.255 e. The van der Waals surface area contributed by atoms with Crippen LogP contribution >= 0.6 is 0 Å². The highest BCUT2D eigenvalue weighted by Gasteiger charge is 2.40. The molecule has 0 aliphatic carbocycles. The molecule has 0 unspecified atom stereocenters. The second kappa shape index (κ2) is 8.03. The average molecular weight is 339 g/mol. The van der Waals surface area contributed by atoms with Gasteiger partial charge in [-0.15, -0.1) is 0 Å². The maximum atomic E-state index is 12.6. The van der Waals surface area contributed by atoms with Gasteiger partial charge in [-0.2, -0.15) is 0 Å². The summed E-state index contributed by atoms with van der Waals surface area (Å²) in [6.45, 7) is 15.4. The molecule has 0 bridgehead atoms. The molecule has 1 heterocycles. The Hall–Kier alpha value is -1.24. The van der Waals surface area contributed by atoms with Crippen molar-refractivity contribution in [1.29, 1.82) is 0 Å². The number of carbonyl (C=O) groups is 1. The van der Waals surface area contributed by atoms with Crippen molar-refractivity contribution in [2.75, 3.05) is 18.5 Å². The van der Waals surface area contributed by atoms with Crippen molar-refractivity contribution in [3.8, 4) is 0 Å². The number of ether oxygens (including phenoxy) is 1. The Kier molecular flexibility index (Phi) is 6.92. The normalized spacial score (nSPS) is 13.7. The van der Waals surface area contributed by atoms with Gasteiger partial charge in [-0.25, -0.2) is 4.98 Å². The first-order chi connectivity index (χ1) is 10.6. The maximum absolute atomic E-state index is 12.6. The van der Waals surface area contributed by atoms with Crippen molar-refractivity contribution in [2.45, 2.75) is 58.9 Å². The summed E-state index contributed by atoms with van der Waals surface area (Å²) < 4.78 is 11.7. The van der Waals surface area contributed by atoms with Crippen molar-refractivity contribution in [1.82, 2.24) is 4.98 Å². The first-order valence-corrected chi connectivity index (χ1v) is 11.0. The van der Waals surface area contributed by atoms with Crippen molar-refractivity contribution in [3.05, 3.63) is 23.9 Å². The zero-order valence-corrected chi connectivity index (χ0v) is 16.4. The number of nitrogens with one attached hydrogen (secondary N) is 1. The van der Waals surface area contributed by atoms with E-state index in [9.17, 15) is 4.79 Å². The van der Waals surface area contributed by atoms with E-state index in [4.69, 9.17) is 9.16 Å². The molecule has 0 spiro atoms. The van der Waals surface area contributed by atoms with E-state index in [0.717, 1.165) is 5.56 Å². The van der Waals surface area contributed by atoms with Crippen molar-refractivity contribution in [2.24, 2.45) is 0 Å². The molecule has 0 radical (unpaired) electrons. The molecule has 1 aromatic heterocycles. The molecule has 1 N–H and O–H groups in total. The summed E-state index contributed by atoms with van der Waals surface area (Å²) in [5.74, 6) is 0.320. The number of pyridine rings is 1. The van der Waals surface area contributed by atoms with E-state index in [1.165, 1.54) is 0 Å². The number of aryl methyl sites for hydroxylation is 1. The number of amides is 1. The molecular weight excluding hydrogens is 308 g/mol. The van der Waals surface area contributed by atoms with Crippen LogP contribution in [0.15, 0.2) is 18.3 Å². The largest absolute Gasteiger partial charge is 0.403 e. The lowest BCUT2D eigenvalue weighted by molar-refractivity contribution is -0.126. The van der Waals surface area contributed by atoms with Crippen molar-refractivity contribution >= 4 is 20.0 Å². The second-order valence-corrected chi connectivity index (χ2v) is 12.0. The van der Waals surface area contributed by atoms with Gasteiger partial charge in [-0.05, 0) is 43.6 Å². The molecule has 0 saturated carbocycles. The minimum atomic E-state index is -2.07. The number of aromatic nitrogens is 1. The molecule has 0 aromatic carbocycles. The summed E-state index contributed by atoms with van der Waals surface area (Å²) >= 11 is 0. The standard InChI is InChI=1S/C17H30N2O3Si/c1-8-21-12-14(22-23(6,7)17(3,4)5)16(20)19-15-10-9-13(2)11-18-15/h9-11,14H,8,12H2,1-7H3,(H,18,19,20)/t14-/m0/s1. The van der Waals surface area contributed by atoms with E-state index in [2.05, 4.69) is 44.2 Å². The molecule has 1 amide bonds. The fourth-order valence-electron chi connectivity index (χ4n) is 1.67. The third kappa shape index (κ3) is 6.05. The predicted octanol–water partition coefficient (Wildman–Crippen LogP) is 3.76. The van der Waals surface area contributed by atoms with E-state index < -0.39 is 14.4 Å². The lowest BCUT2D eigenvalue weighted by atomic mass is 10.2. The van der Waals surface area contributed by atoms with Gasteiger partial charge in [0.1, 0.15) is 11.9 Å². The van der Waals surface area contributed by atoms with Crippen LogP contribution in [-0.2, 0) is 14.0 Å². The van der Waals surface area contributed by atoms with Gasteiger partial charge in [0, 0.05) is 12.8 Å². The van der Waals surface area contributed by atoms with Crippen LogP contribution in [0.2, 0.25) is 18.1 Å². The van der Waals surface area contributed by atoms with Crippen LogP contribution in [0.25, 0.3) is 0 Å². The van der Waals surface area contributed by atoms with Gasteiger partial charge in [0.25, 0.3) is 5.91 Å². The number of hydrogen-bond donors (Lipinski definition) is 1. The minimum absolute atomic E-state index is 0.0276. The van der Waals surface area contributed by atoms with Crippen LogP contribution < -0.4 is 5.32 Å². The molecule has 1 rings (SSSR count). The Balaban J connectivity index is 2.83. The van der Waals surface area contributed by atoms with Crippen LogP contribution in [0.4, 0.5) is 5.82 Å². The van der Waals surface area contributed by atoms with Crippen LogP contribution in [-0.4, -0.2) is 38.5 Å². The molecular formula is C17H30N2O3Si. The Labute approximate surface area is 140 Å². The Morgan fingerprint density at radius 1 is 1.35 bits per heavy atom. The lowest BCUT2D eigenvalue weighted by Crippen LogP contribution is -2.48. The summed E-state index contributed by atoms with van der Waals surface area (Å²) in [4.78, 5) is 16.8. The molecule has 6 heteroatoms. The highest BCUT2D eigenvalue weighted by Crippen LogP contribution is 2.37. The highest BCUT2D eigenvalue weighted by atomic mass is 28.4. The molecule has 1 aromatic rings. The van der Waals surface area contributed by atoms with Gasteiger partial charge in [-0.3, -0.25) is 4.79 Å². The van der Waals surface area contributed by atoms with Gasteiger partial charge < -0.3 is 14.5 Å². The molecule has 1 atom stereocenters. The molecule has 0 saturated heterocycles. The van der Waals surface area contributed by atoms with Crippen molar-refractivity contribution < 1.29 is 14.0 Å². The van der Waals surface area contributed by atoms with Gasteiger partial charge in [0.15, 0.2) is 8.32 Å². The van der Waals surface area contributed by atoms with Gasteiger partial charge in [0.2, 0.25) is 0 Å². The van der Waals surface area contributed by atoms with Crippen molar-refractivity contribution in [3.63, 3.8) is 0 Å². The zero-order valence-electron chi connectivity index (χ0n) is 15.4. The predicted molar refractivity (Wildman–Crippen MR) is 96.2 cm³/mol. The van der Waals surface area contributed by atoms with E-state index in [1.54, 1.807) is 12.3 Å². The van der Waals surface area contributed by atoms with Gasteiger partial charge in [0.05, 0.1) is 6.61 Å². The zero-order chi connectivity index (χ0) is 17.7. The minimum Gasteiger partial charge on any atom is -0.403 e. The first-order valence-electron chi connectivity index (χ1n) is 8.06. The van der Waals surface area contributed by atoms with Gasteiger partial charge >= 0.3 is 0 Å². The topological polar surface area (TPSA) is 60.5 Å². The first kappa shape index (κ1) is 19.8.